The van der Waals surface area contributed by atoms with Crippen LogP contribution in [0.5, 0.6) is 0 Å². The standard InChI is InChI=1S/C21H25N3O/c1-3-14-23(15-4-2)20(25)16-24-19-13-9-8-12-18(19)22-21(24)17-10-6-5-7-11-17/h5-13H,3-4,14-16H2,1-2H3. The van der Waals surface area contributed by atoms with E-state index in [1.165, 1.54) is 0 Å². The second kappa shape index (κ2) is 7.97. The summed E-state index contributed by atoms with van der Waals surface area (Å²) in [5, 5.41) is 0. The molecule has 0 saturated heterocycles. The molecule has 25 heavy (non-hydrogen) atoms. The first-order valence-corrected chi connectivity index (χ1v) is 9.03. The molecule has 2 aromatic carbocycles. The van der Waals surface area contributed by atoms with Crippen LogP contribution in [0.15, 0.2) is 54.6 Å². The normalized spacial score (nSPS) is 11.0. The van der Waals surface area contributed by atoms with E-state index < -0.39 is 0 Å². The molecule has 1 amide bonds. The van der Waals surface area contributed by atoms with Crippen LogP contribution in [0.25, 0.3) is 22.4 Å². The number of nitrogens with zero attached hydrogens (tertiary/aromatic N) is 3. The van der Waals surface area contributed by atoms with Crippen LogP contribution in [0.2, 0.25) is 0 Å². The van der Waals surface area contributed by atoms with Gasteiger partial charge in [-0.1, -0.05) is 56.3 Å². The smallest absolute Gasteiger partial charge is 0.242 e. The van der Waals surface area contributed by atoms with Crippen LogP contribution < -0.4 is 0 Å². The summed E-state index contributed by atoms with van der Waals surface area (Å²) in [7, 11) is 0. The van der Waals surface area contributed by atoms with Crippen molar-refractivity contribution < 1.29 is 4.79 Å². The molecule has 3 rings (SSSR count). The number of para-hydroxylation sites is 2. The van der Waals surface area contributed by atoms with Gasteiger partial charge in [-0.2, -0.15) is 0 Å². The Bertz CT molecular complexity index is 833. The Balaban J connectivity index is 2.01. The van der Waals surface area contributed by atoms with Crippen LogP contribution in [0.1, 0.15) is 26.7 Å². The van der Waals surface area contributed by atoms with Gasteiger partial charge in [0.05, 0.1) is 11.0 Å². The zero-order valence-corrected chi connectivity index (χ0v) is 15.0. The van der Waals surface area contributed by atoms with E-state index in [-0.39, 0.29) is 5.91 Å². The highest BCUT2D eigenvalue weighted by Gasteiger charge is 2.18. The largest absolute Gasteiger partial charge is 0.341 e. The van der Waals surface area contributed by atoms with Crippen molar-refractivity contribution in [2.45, 2.75) is 33.2 Å². The summed E-state index contributed by atoms with van der Waals surface area (Å²) in [6.07, 6.45) is 1.95. The third kappa shape index (κ3) is 3.73. The molecular weight excluding hydrogens is 310 g/mol. The zero-order chi connectivity index (χ0) is 17.6. The summed E-state index contributed by atoms with van der Waals surface area (Å²) in [5.41, 5.74) is 2.96. The minimum Gasteiger partial charge on any atom is -0.341 e. The molecule has 0 radical (unpaired) electrons. The number of carbonyl (C=O) groups excluding carboxylic acids is 1. The fourth-order valence-electron chi connectivity index (χ4n) is 3.18. The number of rotatable bonds is 7. The van der Waals surface area contributed by atoms with Crippen LogP contribution in [0.4, 0.5) is 0 Å². The molecule has 0 bridgehead atoms. The van der Waals surface area contributed by atoms with Crippen molar-refractivity contribution in [1.29, 1.82) is 0 Å². The number of imidazole rings is 1. The highest BCUT2D eigenvalue weighted by Crippen LogP contribution is 2.24. The minimum absolute atomic E-state index is 0.157. The van der Waals surface area contributed by atoms with Gasteiger partial charge in [-0.3, -0.25) is 4.79 Å². The maximum Gasteiger partial charge on any atom is 0.242 e. The van der Waals surface area contributed by atoms with E-state index in [2.05, 4.69) is 13.8 Å². The van der Waals surface area contributed by atoms with E-state index >= 15 is 0 Å². The van der Waals surface area contributed by atoms with Gasteiger partial charge in [0.15, 0.2) is 0 Å². The predicted octanol–water partition coefficient (Wildman–Crippen LogP) is 4.35. The summed E-state index contributed by atoms with van der Waals surface area (Å²) >= 11 is 0. The van der Waals surface area contributed by atoms with E-state index in [1.807, 2.05) is 64.1 Å². The van der Waals surface area contributed by atoms with Crippen LogP contribution in [0, 0.1) is 0 Å². The summed E-state index contributed by atoms with van der Waals surface area (Å²) in [4.78, 5) is 19.6. The van der Waals surface area contributed by atoms with Crippen LogP contribution in [-0.2, 0) is 11.3 Å². The summed E-state index contributed by atoms with van der Waals surface area (Å²) in [6.45, 7) is 6.15. The maximum atomic E-state index is 12.9. The van der Waals surface area contributed by atoms with Crippen molar-refractivity contribution >= 4 is 16.9 Å². The minimum atomic E-state index is 0.157. The Morgan fingerprint density at radius 1 is 0.960 bits per heavy atom. The van der Waals surface area contributed by atoms with Gasteiger partial charge in [-0.15, -0.1) is 0 Å². The molecular formula is C21H25N3O. The maximum absolute atomic E-state index is 12.9. The van der Waals surface area contributed by atoms with Gasteiger partial charge in [0.2, 0.25) is 5.91 Å². The lowest BCUT2D eigenvalue weighted by Gasteiger charge is -2.22. The van der Waals surface area contributed by atoms with E-state index in [9.17, 15) is 4.79 Å². The Kier molecular flexibility index (Phi) is 5.49. The molecule has 130 valence electrons. The van der Waals surface area contributed by atoms with Gasteiger partial charge < -0.3 is 9.47 Å². The van der Waals surface area contributed by atoms with Gasteiger partial charge in [0.25, 0.3) is 0 Å². The zero-order valence-electron chi connectivity index (χ0n) is 15.0. The number of hydrogen-bond donors (Lipinski definition) is 0. The van der Waals surface area contributed by atoms with Gasteiger partial charge in [-0.25, -0.2) is 4.98 Å². The Labute approximate surface area is 149 Å². The van der Waals surface area contributed by atoms with Crippen molar-refractivity contribution in [2.75, 3.05) is 13.1 Å². The number of amides is 1. The third-order valence-corrected chi connectivity index (χ3v) is 4.32. The molecule has 1 heterocycles. The molecule has 0 aliphatic carbocycles. The van der Waals surface area contributed by atoms with Gasteiger partial charge in [0, 0.05) is 18.7 Å². The fraction of sp³-hybridized carbons (Fsp3) is 0.333. The number of aromatic nitrogens is 2. The fourth-order valence-corrected chi connectivity index (χ4v) is 3.18. The Morgan fingerprint density at radius 2 is 1.60 bits per heavy atom. The first-order valence-electron chi connectivity index (χ1n) is 9.03. The molecule has 4 nitrogen and oxygen atoms in total. The first-order chi connectivity index (χ1) is 12.2. The monoisotopic (exact) mass is 335 g/mol. The Morgan fingerprint density at radius 3 is 2.28 bits per heavy atom. The van der Waals surface area contributed by atoms with Crippen molar-refractivity contribution in [3.8, 4) is 11.4 Å². The summed E-state index contributed by atoms with van der Waals surface area (Å²) in [5.74, 6) is 1.01. The molecule has 0 spiro atoms. The van der Waals surface area contributed by atoms with Gasteiger partial charge in [-0.05, 0) is 25.0 Å². The number of fused-ring (bicyclic) bond motifs is 1. The lowest BCUT2D eigenvalue weighted by atomic mass is 10.2. The van der Waals surface area contributed by atoms with Gasteiger partial charge >= 0.3 is 0 Å². The van der Waals surface area contributed by atoms with Crippen molar-refractivity contribution in [1.82, 2.24) is 14.5 Å². The SMILES string of the molecule is CCCN(CCC)C(=O)Cn1c(-c2ccccc2)nc2ccccc21. The van der Waals surface area contributed by atoms with E-state index in [0.29, 0.717) is 6.54 Å². The van der Waals surface area contributed by atoms with Crippen LogP contribution in [0.3, 0.4) is 0 Å². The molecule has 0 fully saturated rings. The second-order valence-corrected chi connectivity index (χ2v) is 6.26. The van der Waals surface area contributed by atoms with E-state index in [4.69, 9.17) is 4.98 Å². The average molecular weight is 335 g/mol. The summed E-state index contributed by atoms with van der Waals surface area (Å²) < 4.78 is 2.05. The van der Waals surface area contributed by atoms with Crippen molar-refractivity contribution in [3.63, 3.8) is 0 Å². The third-order valence-electron chi connectivity index (χ3n) is 4.32. The lowest BCUT2D eigenvalue weighted by molar-refractivity contribution is -0.131. The Hall–Kier alpha value is -2.62. The number of benzene rings is 2. The number of hydrogen-bond acceptors (Lipinski definition) is 2. The summed E-state index contributed by atoms with van der Waals surface area (Å²) in [6, 6.07) is 18.1. The predicted molar refractivity (Wildman–Crippen MR) is 102 cm³/mol. The molecule has 0 N–H and O–H groups in total. The molecule has 3 aromatic rings. The van der Waals surface area contributed by atoms with E-state index in [0.717, 1.165) is 48.4 Å². The topological polar surface area (TPSA) is 38.1 Å². The molecule has 0 unspecified atom stereocenters. The van der Waals surface area contributed by atoms with Crippen molar-refractivity contribution in [2.24, 2.45) is 0 Å². The van der Waals surface area contributed by atoms with Gasteiger partial charge in [0.1, 0.15) is 12.4 Å². The van der Waals surface area contributed by atoms with Crippen molar-refractivity contribution in [3.05, 3.63) is 54.6 Å². The van der Waals surface area contributed by atoms with E-state index in [1.54, 1.807) is 0 Å². The second-order valence-electron chi connectivity index (χ2n) is 6.26. The molecule has 0 saturated carbocycles. The van der Waals surface area contributed by atoms with Crippen LogP contribution in [-0.4, -0.2) is 33.4 Å². The highest BCUT2D eigenvalue weighted by molar-refractivity contribution is 5.84. The molecule has 0 aliphatic rings. The average Bonchev–Trinajstić information content (AvgIpc) is 3.01. The quantitative estimate of drug-likeness (QED) is 0.644. The lowest BCUT2D eigenvalue weighted by Crippen LogP contribution is -2.35. The van der Waals surface area contributed by atoms with Crippen LogP contribution >= 0.6 is 0 Å². The first kappa shape index (κ1) is 17.2. The highest BCUT2D eigenvalue weighted by atomic mass is 16.2. The molecule has 4 heteroatoms. The molecule has 0 atom stereocenters. The molecule has 1 aromatic heterocycles. The molecule has 0 aliphatic heterocycles. The number of carbonyl (C=O) groups is 1.